The van der Waals surface area contributed by atoms with Crippen LogP contribution in [0.25, 0.3) is 0 Å². The zero-order chi connectivity index (χ0) is 16.7. The smallest absolute Gasteiger partial charge is 0.315 e. The van der Waals surface area contributed by atoms with Gasteiger partial charge in [0, 0.05) is 18.6 Å². The summed E-state index contributed by atoms with van der Waals surface area (Å²) < 4.78 is 0. The Bertz CT molecular complexity index is 458. The molecule has 1 fully saturated rings. The predicted molar refractivity (Wildman–Crippen MR) is 94.6 cm³/mol. The van der Waals surface area contributed by atoms with Crippen LogP contribution in [0.15, 0.2) is 16.8 Å². The van der Waals surface area contributed by atoms with E-state index in [2.05, 4.69) is 22.1 Å². The first kappa shape index (κ1) is 18.2. The summed E-state index contributed by atoms with van der Waals surface area (Å²) in [7, 11) is 0. The van der Waals surface area contributed by atoms with Crippen molar-refractivity contribution < 1.29 is 9.90 Å². The number of thiophene rings is 1. The Labute approximate surface area is 142 Å². The number of nitrogens with one attached hydrogen (secondary N) is 2. The van der Waals surface area contributed by atoms with Crippen molar-refractivity contribution >= 4 is 17.4 Å². The van der Waals surface area contributed by atoms with E-state index in [0.29, 0.717) is 12.5 Å². The van der Waals surface area contributed by atoms with Crippen LogP contribution in [0.2, 0.25) is 0 Å². The normalized spacial score (nSPS) is 24.0. The molecule has 5 nitrogen and oxygen atoms in total. The largest absolute Gasteiger partial charge is 0.393 e. The molecule has 23 heavy (non-hydrogen) atoms. The minimum absolute atomic E-state index is 0.0202. The molecule has 2 atom stereocenters. The second-order valence-corrected chi connectivity index (χ2v) is 7.54. The SMILES string of the molecule is C[C@@H](Cc1ccsc1)NC(=O)NC[C@@H](N)CC1CCC(O)CC1. The molecule has 6 heteroatoms. The van der Waals surface area contributed by atoms with E-state index < -0.39 is 0 Å². The van der Waals surface area contributed by atoms with Crippen molar-refractivity contribution in [3.05, 3.63) is 22.4 Å². The molecule has 1 aliphatic carbocycles. The zero-order valence-electron chi connectivity index (χ0n) is 13.8. The van der Waals surface area contributed by atoms with Crippen LogP contribution >= 0.6 is 11.3 Å². The summed E-state index contributed by atoms with van der Waals surface area (Å²) in [6.45, 7) is 2.50. The quantitative estimate of drug-likeness (QED) is 0.614. The fourth-order valence-corrected chi connectivity index (χ4v) is 3.89. The summed E-state index contributed by atoms with van der Waals surface area (Å²) >= 11 is 1.67. The zero-order valence-corrected chi connectivity index (χ0v) is 14.6. The van der Waals surface area contributed by atoms with E-state index in [1.165, 1.54) is 5.56 Å². The van der Waals surface area contributed by atoms with Gasteiger partial charge in [0.15, 0.2) is 0 Å². The van der Waals surface area contributed by atoms with Crippen LogP contribution in [-0.2, 0) is 6.42 Å². The maximum Gasteiger partial charge on any atom is 0.315 e. The highest BCUT2D eigenvalue weighted by Gasteiger charge is 2.21. The molecule has 1 heterocycles. The molecule has 0 aromatic carbocycles. The molecule has 5 N–H and O–H groups in total. The Morgan fingerprint density at radius 2 is 2.17 bits per heavy atom. The van der Waals surface area contributed by atoms with Crippen molar-refractivity contribution in [2.24, 2.45) is 11.7 Å². The highest BCUT2D eigenvalue weighted by molar-refractivity contribution is 7.07. The van der Waals surface area contributed by atoms with E-state index in [4.69, 9.17) is 5.73 Å². The van der Waals surface area contributed by atoms with E-state index in [0.717, 1.165) is 38.5 Å². The van der Waals surface area contributed by atoms with Gasteiger partial charge in [0.25, 0.3) is 0 Å². The Hall–Kier alpha value is -1.11. The Morgan fingerprint density at radius 1 is 1.43 bits per heavy atom. The molecule has 2 rings (SSSR count). The van der Waals surface area contributed by atoms with Gasteiger partial charge >= 0.3 is 6.03 Å². The van der Waals surface area contributed by atoms with Gasteiger partial charge in [-0.05, 0) is 73.8 Å². The van der Waals surface area contributed by atoms with Crippen LogP contribution in [0.1, 0.15) is 44.6 Å². The van der Waals surface area contributed by atoms with E-state index >= 15 is 0 Å². The monoisotopic (exact) mass is 339 g/mol. The van der Waals surface area contributed by atoms with Crippen molar-refractivity contribution in [1.29, 1.82) is 0 Å². The van der Waals surface area contributed by atoms with Gasteiger partial charge in [-0.2, -0.15) is 11.3 Å². The van der Waals surface area contributed by atoms with E-state index in [9.17, 15) is 9.90 Å². The number of carbonyl (C=O) groups excluding carboxylic acids is 1. The van der Waals surface area contributed by atoms with Crippen molar-refractivity contribution in [2.75, 3.05) is 6.54 Å². The average molecular weight is 340 g/mol. The third kappa shape index (κ3) is 6.89. The molecule has 0 saturated heterocycles. The lowest BCUT2D eigenvalue weighted by atomic mass is 9.83. The molecule has 1 aromatic heterocycles. The number of nitrogens with two attached hydrogens (primary N) is 1. The van der Waals surface area contributed by atoms with Crippen molar-refractivity contribution in [3.63, 3.8) is 0 Å². The van der Waals surface area contributed by atoms with Gasteiger partial charge in [0.05, 0.1) is 6.10 Å². The van der Waals surface area contributed by atoms with Gasteiger partial charge in [-0.3, -0.25) is 0 Å². The minimum Gasteiger partial charge on any atom is -0.393 e. The van der Waals surface area contributed by atoms with Crippen molar-refractivity contribution in [2.45, 2.75) is 63.6 Å². The molecule has 1 aromatic rings. The molecule has 0 radical (unpaired) electrons. The van der Waals surface area contributed by atoms with Gasteiger partial charge < -0.3 is 21.5 Å². The van der Waals surface area contributed by atoms with Crippen LogP contribution < -0.4 is 16.4 Å². The van der Waals surface area contributed by atoms with Crippen LogP contribution in [0.3, 0.4) is 0 Å². The van der Waals surface area contributed by atoms with Gasteiger partial charge in [-0.25, -0.2) is 4.79 Å². The van der Waals surface area contributed by atoms with E-state index in [-0.39, 0.29) is 24.2 Å². The minimum atomic E-state index is -0.151. The summed E-state index contributed by atoms with van der Waals surface area (Å²) in [5.41, 5.74) is 7.37. The molecule has 2 amide bonds. The van der Waals surface area contributed by atoms with E-state index in [1.807, 2.05) is 12.3 Å². The molecule has 0 aliphatic heterocycles. The third-order valence-corrected chi connectivity index (χ3v) is 5.21. The molecule has 130 valence electrons. The first-order valence-electron chi connectivity index (χ1n) is 8.52. The topological polar surface area (TPSA) is 87.4 Å². The summed E-state index contributed by atoms with van der Waals surface area (Å²) in [6.07, 6.45) is 5.47. The van der Waals surface area contributed by atoms with Crippen LogP contribution in [0, 0.1) is 5.92 Å². The maximum absolute atomic E-state index is 11.9. The number of rotatable bonds is 7. The van der Waals surface area contributed by atoms with Gasteiger partial charge in [-0.15, -0.1) is 0 Å². The average Bonchev–Trinajstić information content (AvgIpc) is 3.00. The standard InChI is InChI=1S/C17H29N3O2S/c1-12(8-14-6-7-23-11-14)20-17(22)19-10-15(18)9-13-2-4-16(21)5-3-13/h6-7,11-13,15-16,21H,2-5,8-10,18H2,1H3,(H2,19,20,22)/t12-,13?,15-,16?/m0/s1. The molecule has 1 saturated carbocycles. The first-order chi connectivity index (χ1) is 11.0. The lowest BCUT2D eigenvalue weighted by Gasteiger charge is -2.27. The summed E-state index contributed by atoms with van der Waals surface area (Å²) in [5, 5.41) is 19.5. The maximum atomic E-state index is 11.9. The fourth-order valence-electron chi connectivity index (χ4n) is 3.20. The number of amides is 2. The van der Waals surface area contributed by atoms with Crippen molar-refractivity contribution in [3.8, 4) is 0 Å². The summed E-state index contributed by atoms with van der Waals surface area (Å²) in [4.78, 5) is 11.9. The fraction of sp³-hybridized carbons (Fsp3) is 0.706. The first-order valence-corrected chi connectivity index (χ1v) is 9.46. The molecular weight excluding hydrogens is 310 g/mol. The number of hydrogen-bond donors (Lipinski definition) is 4. The second-order valence-electron chi connectivity index (χ2n) is 6.76. The van der Waals surface area contributed by atoms with Crippen LogP contribution in [0.5, 0.6) is 0 Å². The highest BCUT2D eigenvalue weighted by atomic mass is 32.1. The molecule has 0 unspecified atom stereocenters. The highest BCUT2D eigenvalue weighted by Crippen LogP contribution is 2.27. The van der Waals surface area contributed by atoms with Gasteiger partial charge in [0.2, 0.25) is 0 Å². The van der Waals surface area contributed by atoms with Gasteiger partial charge in [0.1, 0.15) is 0 Å². The molecule has 1 aliphatic rings. The molecule has 0 bridgehead atoms. The lowest BCUT2D eigenvalue weighted by molar-refractivity contribution is 0.104. The number of urea groups is 1. The lowest BCUT2D eigenvalue weighted by Crippen LogP contribution is -2.46. The second kappa shape index (κ2) is 9.25. The number of carbonyl (C=O) groups is 1. The Kier molecular flexibility index (Phi) is 7.33. The van der Waals surface area contributed by atoms with Gasteiger partial charge in [-0.1, -0.05) is 0 Å². The third-order valence-electron chi connectivity index (χ3n) is 4.48. The summed E-state index contributed by atoms with van der Waals surface area (Å²) in [6, 6.07) is 2.01. The summed E-state index contributed by atoms with van der Waals surface area (Å²) in [5.74, 6) is 0.579. The van der Waals surface area contributed by atoms with Crippen LogP contribution in [0.4, 0.5) is 4.79 Å². The number of aliphatic hydroxyl groups excluding tert-OH is 1. The molecule has 0 spiro atoms. The Morgan fingerprint density at radius 3 is 2.83 bits per heavy atom. The van der Waals surface area contributed by atoms with Crippen molar-refractivity contribution in [1.82, 2.24) is 10.6 Å². The molecular formula is C17H29N3O2S. The number of hydrogen-bond acceptors (Lipinski definition) is 4. The predicted octanol–water partition coefficient (Wildman–Crippen LogP) is 2.25. The number of aliphatic hydroxyl groups is 1. The Balaban J connectivity index is 1.59. The van der Waals surface area contributed by atoms with E-state index in [1.54, 1.807) is 11.3 Å². The van der Waals surface area contributed by atoms with Crippen LogP contribution in [-0.4, -0.2) is 35.9 Å².